The van der Waals surface area contributed by atoms with E-state index in [1.54, 1.807) is 6.92 Å². The summed E-state index contributed by atoms with van der Waals surface area (Å²) < 4.78 is 47.3. The van der Waals surface area contributed by atoms with Crippen molar-refractivity contribution >= 4 is 31.2 Å². The van der Waals surface area contributed by atoms with Gasteiger partial charge in [-0.15, -0.1) is 11.3 Å². The second-order valence-corrected chi connectivity index (χ2v) is 9.96. The number of sulfonamides is 1. The van der Waals surface area contributed by atoms with Crippen LogP contribution >= 0.6 is 11.3 Å². The average molecular weight is 324 g/mol. The zero-order valence-electron chi connectivity index (χ0n) is 10.6. The number of hydrogen-bond acceptors (Lipinski definition) is 6. The molecule has 0 aliphatic carbocycles. The molecule has 0 aromatic carbocycles. The Kier molecular flexibility index (Phi) is 3.78. The van der Waals surface area contributed by atoms with Gasteiger partial charge in [0.2, 0.25) is 10.0 Å². The lowest BCUT2D eigenvalue weighted by Crippen LogP contribution is -2.33. The number of nitrogens with two attached hydrogens (primary N) is 1. The fourth-order valence-corrected chi connectivity index (χ4v) is 6.60. The van der Waals surface area contributed by atoms with Gasteiger partial charge in [-0.2, -0.15) is 0 Å². The second-order valence-electron chi connectivity index (χ2n) is 4.55. The molecule has 0 spiro atoms. The smallest absolute Gasteiger partial charge is 0.247 e. The van der Waals surface area contributed by atoms with Gasteiger partial charge in [0.25, 0.3) is 0 Å². The maximum Gasteiger partial charge on any atom is 0.247 e. The zero-order chi connectivity index (χ0) is 14.4. The van der Waals surface area contributed by atoms with Gasteiger partial charge in [0.1, 0.15) is 8.42 Å². The summed E-state index contributed by atoms with van der Waals surface area (Å²) in [5, 5.41) is 7.73. The van der Waals surface area contributed by atoms with E-state index >= 15 is 0 Å². The summed E-state index contributed by atoms with van der Waals surface area (Å²) in [4.78, 5) is 0. The molecule has 2 atom stereocenters. The lowest BCUT2D eigenvalue weighted by atomic mass is 10.1. The van der Waals surface area contributed by atoms with Crippen LogP contribution in [0.3, 0.4) is 0 Å². The maximum absolute atomic E-state index is 12.2. The summed E-state index contributed by atoms with van der Waals surface area (Å²) in [7, 11) is -7.33. The van der Waals surface area contributed by atoms with Crippen molar-refractivity contribution in [3.8, 4) is 0 Å². The van der Waals surface area contributed by atoms with Crippen LogP contribution < -0.4 is 10.5 Å². The molecule has 9 heteroatoms. The summed E-state index contributed by atoms with van der Waals surface area (Å²) >= 11 is 0.742. The van der Waals surface area contributed by atoms with Crippen molar-refractivity contribution < 1.29 is 16.8 Å². The average Bonchev–Trinajstić information content (AvgIpc) is 2.72. The van der Waals surface area contributed by atoms with Crippen molar-refractivity contribution in [1.82, 2.24) is 5.32 Å². The van der Waals surface area contributed by atoms with Gasteiger partial charge in [0.15, 0.2) is 9.84 Å². The predicted octanol–water partition coefficient (Wildman–Crippen LogP) is 0.612. The first kappa shape index (κ1) is 14.9. The molecule has 2 heterocycles. The first-order chi connectivity index (χ1) is 8.67. The number of hydrogen-bond donors (Lipinski definition) is 2. The van der Waals surface area contributed by atoms with Crippen LogP contribution in [0.4, 0.5) is 0 Å². The Labute approximate surface area is 117 Å². The van der Waals surface area contributed by atoms with Crippen molar-refractivity contribution in [2.24, 2.45) is 5.14 Å². The summed E-state index contributed by atoms with van der Waals surface area (Å²) in [6.07, 6.45) is 0.434. The molecule has 1 aliphatic rings. The Balaban J connectivity index is 2.64. The van der Waals surface area contributed by atoms with E-state index in [1.807, 2.05) is 6.92 Å². The summed E-state index contributed by atoms with van der Waals surface area (Å²) in [6, 6.07) is 1.23. The van der Waals surface area contributed by atoms with Crippen molar-refractivity contribution in [2.45, 2.75) is 40.0 Å². The third kappa shape index (κ3) is 2.57. The van der Waals surface area contributed by atoms with Crippen molar-refractivity contribution in [3.05, 3.63) is 11.6 Å². The van der Waals surface area contributed by atoms with Crippen molar-refractivity contribution in [2.75, 3.05) is 6.54 Å². The van der Waals surface area contributed by atoms with Gasteiger partial charge < -0.3 is 5.32 Å². The molecule has 0 saturated carbocycles. The monoisotopic (exact) mass is 324 g/mol. The molecule has 0 bridgehead atoms. The van der Waals surface area contributed by atoms with Crippen molar-refractivity contribution in [1.29, 1.82) is 0 Å². The molecular formula is C10H16N2O4S3. The van der Waals surface area contributed by atoms with E-state index in [1.165, 1.54) is 6.07 Å². The Hall–Kier alpha value is -0.480. The number of fused-ring (bicyclic) bond motifs is 1. The van der Waals surface area contributed by atoms with Gasteiger partial charge in [-0.25, -0.2) is 22.0 Å². The summed E-state index contributed by atoms with van der Waals surface area (Å²) in [5.74, 6) is 0. The Morgan fingerprint density at radius 3 is 2.68 bits per heavy atom. The van der Waals surface area contributed by atoms with Gasteiger partial charge in [-0.05, 0) is 26.0 Å². The topological polar surface area (TPSA) is 106 Å². The minimum atomic E-state index is -3.88. The molecule has 1 aromatic rings. The minimum Gasteiger partial charge on any atom is -0.310 e. The zero-order valence-corrected chi connectivity index (χ0v) is 13.0. The van der Waals surface area contributed by atoms with Gasteiger partial charge in [0.05, 0.1) is 5.25 Å². The standard InChI is InChI=1S/C10H16N2O4S3/c1-3-12-8-4-6(2)18(13,14)10-7(8)5-9(17-10)19(11,15)16/h5-6,8,12H,3-4H2,1-2H3,(H2,11,15,16)/t6-,8?/m0/s1. The van der Waals surface area contributed by atoms with Crippen LogP contribution in [0.25, 0.3) is 0 Å². The molecule has 1 aromatic heterocycles. The van der Waals surface area contributed by atoms with E-state index in [4.69, 9.17) is 5.14 Å². The predicted molar refractivity (Wildman–Crippen MR) is 73.4 cm³/mol. The van der Waals surface area contributed by atoms with Gasteiger partial charge >= 0.3 is 0 Å². The number of nitrogens with one attached hydrogen (secondary N) is 1. The first-order valence-corrected chi connectivity index (χ1v) is 9.72. The van der Waals surface area contributed by atoms with E-state index < -0.39 is 25.1 Å². The van der Waals surface area contributed by atoms with E-state index in [9.17, 15) is 16.8 Å². The van der Waals surface area contributed by atoms with Crippen LogP contribution in [0.15, 0.2) is 14.5 Å². The Morgan fingerprint density at radius 2 is 2.16 bits per heavy atom. The fourth-order valence-electron chi connectivity index (χ4n) is 2.18. The molecule has 1 aliphatic heterocycles. The van der Waals surface area contributed by atoms with Gasteiger partial charge in [-0.1, -0.05) is 6.92 Å². The molecular weight excluding hydrogens is 308 g/mol. The lowest BCUT2D eigenvalue weighted by Gasteiger charge is -2.27. The van der Waals surface area contributed by atoms with Crippen LogP contribution in [-0.2, 0) is 19.9 Å². The van der Waals surface area contributed by atoms with Crippen LogP contribution in [0, 0.1) is 0 Å². The third-order valence-electron chi connectivity index (χ3n) is 3.16. The lowest BCUT2D eigenvalue weighted by molar-refractivity contribution is 0.477. The third-order valence-corrected chi connectivity index (χ3v) is 8.48. The SMILES string of the molecule is CCNC1C[C@H](C)S(=O)(=O)c2sc(S(N)(=O)=O)cc21. The molecule has 0 saturated heterocycles. The largest absolute Gasteiger partial charge is 0.310 e. The molecule has 3 N–H and O–H groups in total. The molecule has 0 fully saturated rings. The van der Waals surface area contributed by atoms with E-state index in [2.05, 4.69) is 5.32 Å². The van der Waals surface area contributed by atoms with E-state index in [0.29, 0.717) is 18.5 Å². The van der Waals surface area contributed by atoms with Crippen LogP contribution in [0.2, 0.25) is 0 Å². The molecule has 6 nitrogen and oxygen atoms in total. The van der Waals surface area contributed by atoms with Crippen LogP contribution in [-0.4, -0.2) is 28.6 Å². The second kappa shape index (κ2) is 4.81. The van der Waals surface area contributed by atoms with E-state index in [0.717, 1.165) is 11.3 Å². The molecule has 108 valence electrons. The normalized spacial score (nSPS) is 26.1. The number of thiophene rings is 1. The van der Waals surface area contributed by atoms with E-state index in [-0.39, 0.29) is 14.5 Å². The fraction of sp³-hybridized carbons (Fsp3) is 0.600. The number of primary sulfonamides is 1. The molecule has 1 unspecified atom stereocenters. The molecule has 2 rings (SSSR count). The highest BCUT2D eigenvalue weighted by Gasteiger charge is 2.39. The molecule has 19 heavy (non-hydrogen) atoms. The van der Waals surface area contributed by atoms with Crippen molar-refractivity contribution in [3.63, 3.8) is 0 Å². The summed E-state index contributed by atoms with van der Waals surface area (Å²) in [5.41, 5.74) is 0.522. The van der Waals surface area contributed by atoms with Gasteiger partial charge in [-0.3, -0.25) is 0 Å². The summed E-state index contributed by atoms with van der Waals surface area (Å²) in [6.45, 7) is 4.23. The number of rotatable bonds is 3. The quantitative estimate of drug-likeness (QED) is 0.847. The minimum absolute atomic E-state index is 0.0990. The molecule has 0 amide bonds. The highest BCUT2D eigenvalue weighted by molar-refractivity contribution is 7.95. The molecule has 0 radical (unpaired) electrons. The maximum atomic E-state index is 12.2. The highest BCUT2D eigenvalue weighted by Crippen LogP contribution is 2.42. The highest BCUT2D eigenvalue weighted by atomic mass is 32.3. The van der Waals surface area contributed by atoms with Crippen LogP contribution in [0.5, 0.6) is 0 Å². The van der Waals surface area contributed by atoms with Gasteiger partial charge in [0, 0.05) is 11.6 Å². The number of sulfone groups is 1. The Bertz CT molecular complexity index is 690. The van der Waals surface area contributed by atoms with Crippen LogP contribution in [0.1, 0.15) is 31.9 Å². The first-order valence-electron chi connectivity index (χ1n) is 5.81. The Morgan fingerprint density at radius 1 is 1.53 bits per heavy atom.